The Morgan fingerprint density at radius 2 is 2.04 bits per heavy atom. The normalized spacial score (nSPS) is 12.8. The summed E-state index contributed by atoms with van der Waals surface area (Å²) in [5.74, 6) is -0.385. The number of benzene rings is 2. The number of hydrogen-bond acceptors (Lipinski definition) is 4. The van der Waals surface area contributed by atoms with E-state index in [1.165, 1.54) is 12.5 Å². The van der Waals surface area contributed by atoms with Crippen LogP contribution >= 0.6 is 0 Å². The molecular formula is C19H17NO4. The molecule has 24 heavy (non-hydrogen) atoms. The van der Waals surface area contributed by atoms with Crippen LogP contribution in [0.25, 0.3) is 21.7 Å². The molecule has 1 aromatic heterocycles. The third kappa shape index (κ3) is 2.08. The Morgan fingerprint density at radius 1 is 1.21 bits per heavy atom. The minimum Gasteiger partial charge on any atom is -0.462 e. The second kappa shape index (κ2) is 5.37. The minimum atomic E-state index is -0.412. The summed E-state index contributed by atoms with van der Waals surface area (Å²) in [6, 6.07) is 5.55. The van der Waals surface area contributed by atoms with Crippen LogP contribution in [0.3, 0.4) is 0 Å². The van der Waals surface area contributed by atoms with Crippen LogP contribution in [0.15, 0.2) is 24.4 Å². The van der Waals surface area contributed by atoms with Gasteiger partial charge in [-0.25, -0.2) is 4.79 Å². The van der Waals surface area contributed by atoms with Gasteiger partial charge in [-0.05, 0) is 54.5 Å². The molecule has 5 heteroatoms. The number of hydrogen-bond donors (Lipinski definition) is 1. The van der Waals surface area contributed by atoms with Gasteiger partial charge in [0, 0.05) is 29.4 Å². The molecule has 0 amide bonds. The van der Waals surface area contributed by atoms with Crippen molar-refractivity contribution in [1.82, 2.24) is 4.98 Å². The molecule has 0 saturated heterocycles. The number of aryl methyl sites for hydroxylation is 2. The van der Waals surface area contributed by atoms with Crippen LogP contribution in [0.4, 0.5) is 0 Å². The van der Waals surface area contributed by atoms with E-state index in [-0.39, 0.29) is 5.97 Å². The van der Waals surface area contributed by atoms with Crippen LogP contribution in [-0.4, -0.2) is 23.5 Å². The number of nitrogens with one attached hydrogen (secondary N) is 1. The van der Waals surface area contributed by atoms with E-state index in [1.54, 1.807) is 13.0 Å². The first-order valence-electron chi connectivity index (χ1n) is 8.04. The number of esters is 2. The van der Waals surface area contributed by atoms with Crippen molar-refractivity contribution in [1.29, 1.82) is 0 Å². The van der Waals surface area contributed by atoms with Crippen molar-refractivity contribution >= 4 is 33.6 Å². The summed E-state index contributed by atoms with van der Waals surface area (Å²) in [5.41, 5.74) is 3.70. The minimum absolute atomic E-state index is 0.304. The molecule has 1 N–H and O–H groups in total. The molecule has 122 valence electrons. The van der Waals surface area contributed by atoms with Crippen LogP contribution in [0, 0.1) is 0 Å². The van der Waals surface area contributed by atoms with E-state index in [0.717, 1.165) is 40.1 Å². The van der Waals surface area contributed by atoms with Gasteiger partial charge >= 0.3 is 11.9 Å². The molecule has 1 aliphatic carbocycles. The fourth-order valence-electron chi connectivity index (χ4n) is 3.59. The zero-order chi connectivity index (χ0) is 16.8. The first kappa shape index (κ1) is 14.8. The molecule has 0 saturated carbocycles. The molecule has 2 aromatic carbocycles. The lowest BCUT2D eigenvalue weighted by Crippen LogP contribution is -2.13. The number of rotatable bonds is 3. The summed E-state index contributed by atoms with van der Waals surface area (Å²) in [7, 11) is 0. The van der Waals surface area contributed by atoms with Gasteiger partial charge in [0.25, 0.3) is 0 Å². The lowest BCUT2D eigenvalue weighted by molar-refractivity contribution is -0.131. The second-order valence-corrected chi connectivity index (χ2v) is 5.94. The first-order chi connectivity index (χ1) is 11.6. The van der Waals surface area contributed by atoms with Crippen molar-refractivity contribution in [3.05, 3.63) is 41.1 Å². The Labute approximate surface area is 138 Å². The van der Waals surface area contributed by atoms with Crippen LogP contribution in [-0.2, 0) is 22.4 Å². The highest BCUT2D eigenvalue weighted by Crippen LogP contribution is 2.41. The van der Waals surface area contributed by atoms with E-state index in [2.05, 4.69) is 4.98 Å². The maximum absolute atomic E-state index is 12.4. The summed E-state index contributed by atoms with van der Waals surface area (Å²) in [4.78, 5) is 27.2. The zero-order valence-corrected chi connectivity index (χ0v) is 13.6. The van der Waals surface area contributed by atoms with Gasteiger partial charge in [-0.2, -0.15) is 0 Å². The smallest absolute Gasteiger partial charge is 0.338 e. The van der Waals surface area contributed by atoms with Crippen LogP contribution < -0.4 is 4.74 Å². The molecule has 0 fully saturated rings. The van der Waals surface area contributed by atoms with Gasteiger partial charge in [-0.1, -0.05) is 0 Å². The highest BCUT2D eigenvalue weighted by atomic mass is 16.5. The number of aromatic nitrogens is 1. The van der Waals surface area contributed by atoms with Crippen LogP contribution in [0.5, 0.6) is 5.75 Å². The molecule has 0 aliphatic heterocycles. The highest BCUT2D eigenvalue weighted by Gasteiger charge is 2.25. The maximum Gasteiger partial charge on any atom is 0.338 e. The number of ether oxygens (including phenoxy) is 2. The highest BCUT2D eigenvalue weighted by molar-refractivity contribution is 6.15. The molecular weight excluding hydrogens is 306 g/mol. The molecule has 1 aliphatic rings. The summed E-state index contributed by atoms with van der Waals surface area (Å²) in [5, 5.41) is 2.94. The van der Waals surface area contributed by atoms with E-state index in [1.807, 2.05) is 18.3 Å². The molecule has 0 radical (unpaired) electrons. The quantitative estimate of drug-likeness (QED) is 0.591. The summed E-state index contributed by atoms with van der Waals surface area (Å²) in [6.07, 6.45) is 3.63. The van der Waals surface area contributed by atoms with E-state index in [9.17, 15) is 9.59 Å². The van der Waals surface area contributed by atoms with Gasteiger partial charge in [0.1, 0.15) is 5.75 Å². The van der Waals surface area contributed by atoms with Crippen molar-refractivity contribution < 1.29 is 19.1 Å². The second-order valence-electron chi connectivity index (χ2n) is 5.94. The van der Waals surface area contributed by atoms with Gasteiger partial charge in [0.2, 0.25) is 0 Å². The number of aromatic amines is 1. The summed E-state index contributed by atoms with van der Waals surface area (Å²) < 4.78 is 10.6. The predicted molar refractivity (Wildman–Crippen MR) is 90.5 cm³/mol. The van der Waals surface area contributed by atoms with Gasteiger partial charge in [-0.3, -0.25) is 4.79 Å². The van der Waals surface area contributed by atoms with Gasteiger partial charge < -0.3 is 14.5 Å². The Morgan fingerprint density at radius 3 is 2.79 bits per heavy atom. The number of H-pyrrole nitrogens is 1. The standard InChI is InChI=1S/C19H17NO4/c1-3-23-19(22)14-8-16(24-10(2)21)13-6-7-15-17-11(9-20-15)4-5-12(14)18(13)17/h6-9,20H,3-5H2,1-2H3. The largest absolute Gasteiger partial charge is 0.462 e. The van der Waals surface area contributed by atoms with Crippen molar-refractivity contribution in [3.63, 3.8) is 0 Å². The van der Waals surface area contributed by atoms with E-state index in [4.69, 9.17) is 9.47 Å². The third-order valence-electron chi connectivity index (χ3n) is 4.49. The SMILES string of the molecule is CCOC(=O)c1cc(OC(C)=O)c2ccc3[nH]cc4c3c2c1CC4. The summed E-state index contributed by atoms with van der Waals surface area (Å²) >= 11 is 0. The Hall–Kier alpha value is -2.82. The average molecular weight is 323 g/mol. The van der Waals surface area contributed by atoms with Crippen LogP contribution in [0.2, 0.25) is 0 Å². The molecule has 4 rings (SSSR count). The van der Waals surface area contributed by atoms with Crippen LogP contribution in [0.1, 0.15) is 35.3 Å². The molecule has 0 unspecified atom stereocenters. The topological polar surface area (TPSA) is 68.4 Å². The Balaban J connectivity index is 2.11. The van der Waals surface area contributed by atoms with Crippen molar-refractivity contribution in [2.45, 2.75) is 26.7 Å². The fraction of sp³-hybridized carbons (Fsp3) is 0.263. The molecule has 0 spiro atoms. The van der Waals surface area contributed by atoms with Crippen molar-refractivity contribution in [2.24, 2.45) is 0 Å². The zero-order valence-electron chi connectivity index (χ0n) is 13.6. The van der Waals surface area contributed by atoms with Crippen molar-refractivity contribution in [3.8, 4) is 5.75 Å². The maximum atomic E-state index is 12.4. The van der Waals surface area contributed by atoms with Crippen molar-refractivity contribution in [2.75, 3.05) is 6.61 Å². The Bertz CT molecular complexity index is 1000. The molecule has 1 heterocycles. The monoisotopic (exact) mass is 323 g/mol. The third-order valence-corrected chi connectivity index (χ3v) is 4.49. The molecule has 0 bridgehead atoms. The molecule has 3 aromatic rings. The lowest BCUT2D eigenvalue weighted by Gasteiger charge is -2.20. The Kier molecular flexibility index (Phi) is 3.30. The van der Waals surface area contributed by atoms with E-state index < -0.39 is 5.97 Å². The summed E-state index contributed by atoms with van der Waals surface area (Å²) in [6.45, 7) is 3.44. The van der Waals surface area contributed by atoms with Gasteiger partial charge in [0.05, 0.1) is 12.2 Å². The van der Waals surface area contributed by atoms with Gasteiger partial charge in [-0.15, -0.1) is 0 Å². The van der Waals surface area contributed by atoms with Gasteiger partial charge in [0.15, 0.2) is 0 Å². The van der Waals surface area contributed by atoms with E-state index in [0.29, 0.717) is 17.9 Å². The van der Waals surface area contributed by atoms with E-state index >= 15 is 0 Å². The first-order valence-corrected chi connectivity index (χ1v) is 8.04. The number of carbonyl (C=O) groups excluding carboxylic acids is 2. The predicted octanol–water partition coefficient (Wildman–Crippen LogP) is 3.52. The molecule has 5 nitrogen and oxygen atoms in total. The lowest BCUT2D eigenvalue weighted by atomic mass is 9.86. The molecule has 0 atom stereocenters. The average Bonchev–Trinajstić information content (AvgIpc) is 2.98. The fourth-order valence-corrected chi connectivity index (χ4v) is 3.59. The number of carbonyl (C=O) groups is 2.